The molecule has 2 fully saturated rings. The van der Waals surface area contributed by atoms with Crippen LogP contribution in [0.5, 0.6) is 0 Å². The maximum Gasteiger partial charge on any atom is 0.303 e. The van der Waals surface area contributed by atoms with E-state index >= 15 is 0 Å². The Morgan fingerprint density at radius 1 is 1.12 bits per heavy atom. The monoisotopic (exact) mass is 467 g/mol. The fraction of sp³-hybridized carbons (Fsp3) is 0.655. The number of carbonyl (C=O) groups excluding carboxylic acids is 1. The van der Waals surface area contributed by atoms with Crippen LogP contribution in [0.4, 0.5) is 0 Å². The van der Waals surface area contributed by atoms with E-state index in [9.17, 15) is 9.90 Å². The number of benzene rings is 1. The van der Waals surface area contributed by atoms with Crippen molar-refractivity contribution >= 4 is 5.97 Å². The van der Waals surface area contributed by atoms with Gasteiger partial charge in [0.2, 0.25) is 0 Å². The third-order valence-corrected chi connectivity index (χ3v) is 8.59. The van der Waals surface area contributed by atoms with Crippen LogP contribution in [0.15, 0.2) is 35.9 Å². The average Bonchev–Trinajstić information content (AvgIpc) is 2.78. The lowest BCUT2D eigenvalue weighted by Gasteiger charge is -2.53. The standard InChI is InChI=1S/C29H43N2O3/c1-20-6-9-25(10-7-20)19-31-14-12-30(13-15-31)18-22(3)26-11-8-23(4)29(33)17-28(34-24(5)32)21(2)16-27(26)29/h6-7,9-10,16-17,22-23,26-28,33H,8,11-15,18-19H2,1-5H3/t22?,23-,26+,27-,28-,29-/m1/s1. The van der Waals surface area contributed by atoms with Crippen molar-refractivity contribution in [3.8, 4) is 0 Å². The number of fused-ring (bicyclic) bond motifs is 1. The van der Waals surface area contributed by atoms with Crippen molar-refractivity contribution in [1.29, 1.82) is 0 Å². The number of ether oxygens (including phenoxy) is 1. The number of esters is 1. The molecule has 0 bridgehead atoms. The van der Waals surface area contributed by atoms with Crippen LogP contribution in [0, 0.1) is 37.0 Å². The second-order valence-corrected chi connectivity index (χ2v) is 11.2. The highest BCUT2D eigenvalue weighted by Gasteiger charge is 2.53. The zero-order valence-corrected chi connectivity index (χ0v) is 21.7. The normalized spacial score (nSPS) is 33.6. The molecule has 3 aliphatic rings. The molecule has 1 aromatic carbocycles. The Morgan fingerprint density at radius 2 is 1.76 bits per heavy atom. The van der Waals surface area contributed by atoms with Crippen molar-refractivity contribution in [2.75, 3.05) is 32.7 Å². The van der Waals surface area contributed by atoms with Gasteiger partial charge in [0.1, 0.15) is 6.10 Å². The van der Waals surface area contributed by atoms with E-state index in [0.717, 1.165) is 57.7 Å². The van der Waals surface area contributed by atoms with Crippen LogP contribution < -0.4 is 0 Å². The van der Waals surface area contributed by atoms with Crippen LogP contribution in [-0.2, 0) is 16.1 Å². The Morgan fingerprint density at radius 3 is 2.41 bits per heavy atom. The molecule has 5 nitrogen and oxygen atoms in total. The Hall–Kier alpha value is -1.69. The minimum absolute atomic E-state index is 0.0842. The Bertz CT molecular complexity index is 874. The summed E-state index contributed by atoms with van der Waals surface area (Å²) in [5.41, 5.74) is 2.84. The Labute approximate surface area is 206 Å². The molecule has 0 aromatic heterocycles. The topological polar surface area (TPSA) is 53.0 Å². The summed E-state index contributed by atoms with van der Waals surface area (Å²) in [5.74, 6) is 0.868. The summed E-state index contributed by atoms with van der Waals surface area (Å²) in [6, 6.07) is 8.90. The number of aryl methyl sites for hydroxylation is 1. The molecule has 2 aliphatic carbocycles. The van der Waals surface area contributed by atoms with Gasteiger partial charge in [-0.05, 0) is 55.6 Å². The maximum atomic E-state index is 11.8. The van der Waals surface area contributed by atoms with Crippen LogP contribution in [-0.4, -0.2) is 65.3 Å². The summed E-state index contributed by atoms with van der Waals surface area (Å²) < 4.78 is 5.51. The molecule has 1 heterocycles. The number of nitrogens with zero attached hydrogens (tertiary/aromatic N) is 2. The van der Waals surface area contributed by atoms with Gasteiger partial charge in [0.25, 0.3) is 0 Å². The molecule has 1 aromatic rings. The fourth-order valence-electron chi connectivity index (χ4n) is 6.38. The third kappa shape index (κ3) is 5.58. The highest BCUT2D eigenvalue weighted by Crippen LogP contribution is 2.50. The second-order valence-electron chi connectivity index (χ2n) is 11.2. The minimum Gasteiger partial charge on any atom is -0.458 e. The van der Waals surface area contributed by atoms with Gasteiger partial charge in [0.15, 0.2) is 0 Å². The smallest absolute Gasteiger partial charge is 0.303 e. The second kappa shape index (κ2) is 10.5. The fourth-order valence-corrected chi connectivity index (χ4v) is 6.38. The molecule has 1 saturated heterocycles. The molecule has 5 heteroatoms. The third-order valence-electron chi connectivity index (χ3n) is 8.59. The lowest BCUT2D eigenvalue weighted by Crippen LogP contribution is -2.57. The molecule has 34 heavy (non-hydrogen) atoms. The van der Waals surface area contributed by atoms with Crippen molar-refractivity contribution in [2.24, 2.45) is 23.7 Å². The van der Waals surface area contributed by atoms with Crippen LogP contribution in [0.3, 0.4) is 0 Å². The lowest BCUT2D eigenvalue weighted by molar-refractivity contribution is -0.148. The number of piperazine rings is 1. The van der Waals surface area contributed by atoms with Gasteiger partial charge >= 0.3 is 5.97 Å². The van der Waals surface area contributed by atoms with Gasteiger partial charge in [0.05, 0.1) is 5.60 Å². The van der Waals surface area contributed by atoms with Crippen LogP contribution >= 0.6 is 0 Å². The van der Waals surface area contributed by atoms with Crippen LogP contribution in [0.2, 0.25) is 0 Å². The van der Waals surface area contributed by atoms with Crippen molar-refractivity contribution in [1.82, 2.24) is 9.80 Å². The quantitative estimate of drug-likeness (QED) is 0.501. The Kier molecular flexibility index (Phi) is 7.85. The van der Waals surface area contributed by atoms with E-state index in [2.05, 4.69) is 60.9 Å². The first-order valence-electron chi connectivity index (χ1n) is 13.1. The molecule has 0 amide bonds. The predicted octanol–water partition coefficient (Wildman–Crippen LogP) is 4.24. The van der Waals surface area contributed by atoms with Gasteiger partial charge in [-0.3, -0.25) is 9.69 Å². The minimum atomic E-state index is -0.913. The van der Waals surface area contributed by atoms with Crippen LogP contribution in [0.1, 0.15) is 51.7 Å². The molecule has 6 atom stereocenters. The van der Waals surface area contributed by atoms with Crippen molar-refractivity contribution in [3.63, 3.8) is 0 Å². The largest absolute Gasteiger partial charge is 0.458 e. The van der Waals surface area contributed by atoms with Gasteiger partial charge in [0, 0.05) is 58.5 Å². The molecule has 4 rings (SSSR count). The highest BCUT2D eigenvalue weighted by atomic mass is 16.5. The molecule has 187 valence electrons. The summed E-state index contributed by atoms with van der Waals surface area (Å²) in [6.07, 6.45) is 5.85. The van der Waals surface area contributed by atoms with Crippen molar-refractivity contribution < 1.29 is 14.6 Å². The molecule has 0 spiro atoms. The molecule has 1 N–H and O–H groups in total. The zero-order valence-electron chi connectivity index (χ0n) is 21.7. The zero-order chi connectivity index (χ0) is 24.5. The van der Waals surface area contributed by atoms with E-state index in [0.29, 0.717) is 11.8 Å². The summed E-state index contributed by atoms with van der Waals surface area (Å²) in [4.78, 5) is 16.7. The van der Waals surface area contributed by atoms with Gasteiger partial charge in [-0.1, -0.05) is 49.8 Å². The van der Waals surface area contributed by atoms with E-state index in [1.807, 2.05) is 13.3 Å². The average molecular weight is 468 g/mol. The number of hydrogen-bond acceptors (Lipinski definition) is 5. The number of hydrogen-bond donors (Lipinski definition) is 1. The summed E-state index contributed by atoms with van der Waals surface area (Å²) in [7, 11) is 0. The molecule has 1 unspecified atom stereocenters. The molecular weight excluding hydrogens is 424 g/mol. The van der Waals surface area contributed by atoms with Crippen LogP contribution in [0.25, 0.3) is 0 Å². The molecular formula is C29H43N2O3. The Balaban J connectivity index is 1.35. The number of aliphatic hydroxyl groups is 1. The van der Waals surface area contributed by atoms with E-state index in [4.69, 9.17) is 4.74 Å². The van der Waals surface area contributed by atoms with Gasteiger partial charge < -0.3 is 14.7 Å². The molecule has 1 saturated carbocycles. The first kappa shape index (κ1) is 25.4. The highest BCUT2D eigenvalue weighted by molar-refractivity contribution is 5.66. The number of carbonyl (C=O) groups is 1. The van der Waals surface area contributed by atoms with Crippen molar-refractivity contribution in [3.05, 3.63) is 53.5 Å². The lowest BCUT2D eigenvalue weighted by atomic mass is 9.57. The first-order valence-corrected chi connectivity index (χ1v) is 13.1. The first-order chi connectivity index (χ1) is 16.2. The number of rotatable bonds is 6. The molecule has 1 radical (unpaired) electrons. The van der Waals surface area contributed by atoms with E-state index in [1.165, 1.54) is 18.1 Å². The van der Waals surface area contributed by atoms with Crippen molar-refractivity contribution in [2.45, 2.75) is 65.7 Å². The SMILES string of the molecule is CC(=O)O[C@@H]1[CH][C@@]2(O)[C@H](C)CC[C@@H](C(C)CN3CCN(Cc4ccc(C)cc4)CC3)[C@H]2C=C1C. The summed E-state index contributed by atoms with van der Waals surface area (Å²) in [5, 5.41) is 11.8. The van der Waals surface area contributed by atoms with Gasteiger partial charge in [-0.25, -0.2) is 0 Å². The van der Waals surface area contributed by atoms with E-state index in [-0.39, 0.29) is 17.8 Å². The van der Waals surface area contributed by atoms with Gasteiger partial charge in [-0.15, -0.1) is 0 Å². The van der Waals surface area contributed by atoms with E-state index < -0.39 is 11.7 Å². The summed E-state index contributed by atoms with van der Waals surface area (Å²) in [6.45, 7) is 16.6. The summed E-state index contributed by atoms with van der Waals surface area (Å²) >= 11 is 0. The molecule has 1 aliphatic heterocycles. The van der Waals surface area contributed by atoms with Gasteiger partial charge in [-0.2, -0.15) is 0 Å². The predicted molar refractivity (Wildman–Crippen MR) is 136 cm³/mol. The van der Waals surface area contributed by atoms with E-state index in [1.54, 1.807) is 0 Å². The maximum absolute atomic E-state index is 11.8.